The van der Waals surface area contributed by atoms with E-state index in [1.807, 2.05) is 0 Å². The second-order valence-electron chi connectivity index (χ2n) is 8.11. The molecule has 0 unspecified atom stereocenters. The van der Waals surface area contributed by atoms with E-state index >= 15 is 0 Å². The molecular weight excluding hydrogens is 316 g/mol. The number of allylic oxidation sites excluding steroid dienone is 2. The molecule has 0 heterocycles. The molecule has 0 bridgehead atoms. The zero-order chi connectivity index (χ0) is 17.9. The van der Waals surface area contributed by atoms with Crippen LogP contribution in [0.2, 0.25) is 13.1 Å². The second kappa shape index (κ2) is 5.57. The van der Waals surface area contributed by atoms with Crippen molar-refractivity contribution in [3.8, 4) is 0 Å². The number of fused-ring (bicyclic) bond motifs is 2. The summed E-state index contributed by atoms with van der Waals surface area (Å²) in [6, 6.07) is 13.4. The topological polar surface area (TPSA) is 0 Å². The van der Waals surface area contributed by atoms with Crippen LogP contribution in [-0.4, -0.2) is 8.07 Å². The summed E-state index contributed by atoms with van der Waals surface area (Å²) < 4.78 is 0. The summed E-state index contributed by atoms with van der Waals surface area (Å²) in [6.07, 6.45) is 4.78. The Morgan fingerprint density at radius 3 is 1.40 bits per heavy atom. The molecule has 2 aliphatic rings. The summed E-state index contributed by atoms with van der Waals surface area (Å²) in [6.45, 7) is 14.2. The third-order valence-electron chi connectivity index (χ3n) is 5.89. The van der Waals surface area contributed by atoms with Crippen LogP contribution in [0.25, 0.3) is 10.4 Å². The van der Waals surface area contributed by atoms with Gasteiger partial charge in [-0.2, -0.15) is 0 Å². The minimum atomic E-state index is -1.83. The fraction of sp³-hybridized carbons (Fsp3) is 0.250. The maximum absolute atomic E-state index is 2.54. The van der Waals surface area contributed by atoms with E-state index in [0.717, 1.165) is 0 Å². The van der Waals surface area contributed by atoms with Crippen LogP contribution in [0, 0.1) is 26.7 Å². The largest absolute Gasteiger partial charge is 0.113 e. The molecule has 0 amide bonds. The Bertz CT molecular complexity index is 877. The van der Waals surface area contributed by atoms with Crippen molar-refractivity contribution in [3.05, 3.63) is 93.8 Å². The fourth-order valence-corrected chi connectivity index (χ4v) is 9.34. The van der Waals surface area contributed by atoms with E-state index in [2.05, 4.69) is 90.0 Å². The Kier molecular flexibility index (Phi) is 3.70. The molecule has 126 valence electrons. The predicted octanol–water partition coefficient (Wildman–Crippen LogP) is 6.47. The molecule has 0 spiro atoms. The summed E-state index contributed by atoms with van der Waals surface area (Å²) in [7, 11) is -1.83. The van der Waals surface area contributed by atoms with Crippen LogP contribution >= 0.6 is 0 Å². The summed E-state index contributed by atoms with van der Waals surface area (Å²) in [5.41, 5.74) is 11.5. The second-order valence-corrected chi connectivity index (χ2v) is 12.4. The van der Waals surface area contributed by atoms with Crippen molar-refractivity contribution in [1.29, 1.82) is 0 Å². The Labute approximate surface area is 153 Å². The molecule has 1 heteroatoms. The predicted molar refractivity (Wildman–Crippen MR) is 112 cm³/mol. The molecule has 0 N–H and O–H groups in total. The monoisotopic (exact) mass is 342 g/mol. The SMILES string of the molecule is CC1=C([Si](C)(C)C2=C(C)[CH]c3cccc(C)c32)c2c(C)cccc2[CH]1. The first-order chi connectivity index (χ1) is 11.8. The lowest BCUT2D eigenvalue weighted by atomic mass is 10.0. The molecular formula is C24H26Si. The quantitative estimate of drug-likeness (QED) is 0.549. The average molecular weight is 343 g/mol. The van der Waals surface area contributed by atoms with E-state index in [0.29, 0.717) is 0 Å². The number of hydrogen-bond donors (Lipinski definition) is 0. The molecule has 25 heavy (non-hydrogen) atoms. The van der Waals surface area contributed by atoms with E-state index in [4.69, 9.17) is 0 Å². The minimum absolute atomic E-state index is 1.40. The van der Waals surface area contributed by atoms with Gasteiger partial charge in [-0.25, -0.2) is 0 Å². The molecule has 0 aliphatic heterocycles. The molecule has 0 saturated heterocycles. The van der Waals surface area contributed by atoms with Crippen LogP contribution in [0.3, 0.4) is 0 Å². The minimum Gasteiger partial charge on any atom is -0.0646 e. The maximum atomic E-state index is 2.54. The summed E-state index contributed by atoms with van der Waals surface area (Å²) in [4.78, 5) is 0. The highest BCUT2D eigenvalue weighted by molar-refractivity contribution is 7.09. The molecule has 0 saturated carbocycles. The molecule has 0 fully saturated rings. The highest BCUT2D eigenvalue weighted by Crippen LogP contribution is 2.50. The molecule has 4 rings (SSSR count). The van der Waals surface area contributed by atoms with Gasteiger partial charge in [0.25, 0.3) is 0 Å². The lowest BCUT2D eigenvalue weighted by Gasteiger charge is -2.31. The highest BCUT2D eigenvalue weighted by atomic mass is 28.3. The molecule has 2 radical (unpaired) electrons. The van der Waals surface area contributed by atoms with Crippen molar-refractivity contribution in [2.75, 3.05) is 0 Å². The van der Waals surface area contributed by atoms with Crippen molar-refractivity contribution < 1.29 is 0 Å². The van der Waals surface area contributed by atoms with Crippen LogP contribution in [0.15, 0.2) is 47.5 Å². The van der Waals surface area contributed by atoms with Crippen LogP contribution < -0.4 is 0 Å². The summed E-state index contributed by atoms with van der Waals surface area (Å²) in [5, 5.41) is 3.25. The molecule has 0 nitrogen and oxygen atoms in total. The Morgan fingerprint density at radius 1 is 0.600 bits per heavy atom. The third-order valence-corrected chi connectivity index (χ3v) is 9.68. The summed E-state index contributed by atoms with van der Waals surface area (Å²) in [5.74, 6) is 0. The van der Waals surface area contributed by atoms with Crippen molar-refractivity contribution in [3.63, 3.8) is 0 Å². The van der Waals surface area contributed by atoms with E-state index in [1.54, 1.807) is 10.4 Å². The summed E-state index contributed by atoms with van der Waals surface area (Å²) >= 11 is 0. The standard InChI is InChI=1S/C24H26Si/c1-15-9-7-11-19-13-17(3)23(21(15)19)25(5,6)24-18(4)14-20-12-8-10-16(2)22(20)24/h7-14H,1-6H3. The normalized spacial score (nSPS) is 16.6. The lowest BCUT2D eigenvalue weighted by Crippen LogP contribution is -2.31. The zero-order valence-electron chi connectivity index (χ0n) is 16.1. The molecule has 2 aromatic carbocycles. The average Bonchev–Trinajstić information content (AvgIpc) is 3.05. The molecule has 2 aliphatic carbocycles. The molecule has 2 aromatic rings. The first kappa shape index (κ1) is 16.6. The number of rotatable bonds is 2. The van der Waals surface area contributed by atoms with E-state index < -0.39 is 8.07 Å². The smallest absolute Gasteiger partial charge is 0.0646 e. The van der Waals surface area contributed by atoms with Gasteiger partial charge in [-0.1, -0.05) is 60.6 Å². The van der Waals surface area contributed by atoms with Gasteiger partial charge in [0.1, 0.15) is 8.07 Å². The molecule has 0 aromatic heterocycles. The first-order valence-electron chi connectivity index (χ1n) is 9.14. The zero-order valence-corrected chi connectivity index (χ0v) is 17.1. The number of hydrogen-bond acceptors (Lipinski definition) is 0. The van der Waals surface area contributed by atoms with E-state index in [-0.39, 0.29) is 0 Å². The van der Waals surface area contributed by atoms with Gasteiger partial charge in [0.2, 0.25) is 0 Å². The fourth-order valence-electron chi connectivity index (χ4n) is 5.05. The Balaban J connectivity index is 1.94. The number of aryl methyl sites for hydroxylation is 2. The van der Waals surface area contributed by atoms with Crippen LogP contribution in [0.1, 0.15) is 47.2 Å². The Morgan fingerprint density at radius 2 is 1.00 bits per heavy atom. The first-order valence-corrected chi connectivity index (χ1v) is 12.1. The van der Waals surface area contributed by atoms with Gasteiger partial charge in [-0.05, 0) is 71.5 Å². The van der Waals surface area contributed by atoms with Crippen LogP contribution in [0.4, 0.5) is 0 Å². The van der Waals surface area contributed by atoms with Gasteiger partial charge in [-0.3, -0.25) is 0 Å². The van der Waals surface area contributed by atoms with E-state index in [1.165, 1.54) is 44.5 Å². The Hall–Kier alpha value is -1.86. The highest BCUT2D eigenvalue weighted by Gasteiger charge is 2.41. The van der Waals surface area contributed by atoms with Gasteiger partial charge >= 0.3 is 0 Å². The molecule has 0 atom stereocenters. The maximum Gasteiger partial charge on any atom is 0.113 e. The van der Waals surface area contributed by atoms with Crippen LogP contribution in [0.5, 0.6) is 0 Å². The third kappa shape index (κ3) is 2.32. The lowest BCUT2D eigenvalue weighted by molar-refractivity contribution is 1.39. The van der Waals surface area contributed by atoms with Gasteiger partial charge in [-0.15, -0.1) is 0 Å². The van der Waals surface area contributed by atoms with E-state index in [9.17, 15) is 0 Å². The van der Waals surface area contributed by atoms with Crippen molar-refractivity contribution in [2.24, 2.45) is 0 Å². The van der Waals surface area contributed by atoms with Crippen molar-refractivity contribution in [2.45, 2.75) is 40.8 Å². The van der Waals surface area contributed by atoms with Crippen LogP contribution in [-0.2, 0) is 0 Å². The van der Waals surface area contributed by atoms with Gasteiger partial charge in [0.05, 0.1) is 0 Å². The number of benzene rings is 2. The van der Waals surface area contributed by atoms with Crippen molar-refractivity contribution >= 4 is 18.5 Å². The van der Waals surface area contributed by atoms with Gasteiger partial charge in [0, 0.05) is 12.8 Å². The van der Waals surface area contributed by atoms with Gasteiger partial charge in [0.15, 0.2) is 0 Å². The van der Waals surface area contributed by atoms with Gasteiger partial charge < -0.3 is 0 Å². The van der Waals surface area contributed by atoms with Crippen molar-refractivity contribution in [1.82, 2.24) is 0 Å².